The number of ketones is 1. The summed E-state index contributed by atoms with van der Waals surface area (Å²) in [4.78, 5) is 14.4. The first-order valence-electron chi connectivity index (χ1n) is 12.9. The van der Waals surface area contributed by atoms with E-state index in [1.165, 1.54) is 29.8 Å². The van der Waals surface area contributed by atoms with Gasteiger partial charge in [0.1, 0.15) is 11.6 Å². The summed E-state index contributed by atoms with van der Waals surface area (Å²) in [5.74, 6) is 0.598. The lowest BCUT2D eigenvalue weighted by Crippen LogP contribution is -2.42. The SMILES string of the molecule is Cc1ccc(C(C)C)cc1O.O=C(CCCN1CCC(O)(c2ccc(Cl)cc2)CC1)c1ccc(F)cc1. The molecule has 2 N–H and O–H groups in total. The first-order chi connectivity index (χ1) is 17.6. The molecule has 0 atom stereocenters. The molecule has 1 aliphatic rings. The molecule has 3 aromatic rings. The number of hydrogen-bond acceptors (Lipinski definition) is 4. The van der Waals surface area contributed by atoms with Crippen molar-refractivity contribution in [2.24, 2.45) is 0 Å². The quantitative estimate of drug-likeness (QED) is 0.319. The minimum atomic E-state index is -0.801. The molecule has 6 heteroatoms. The maximum atomic E-state index is 12.9. The van der Waals surface area contributed by atoms with Crippen molar-refractivity contribution in [3.63, 3.8) is 0 Å². The molecule has 4 nitrogen and oxygen atoms in total. The highest BCUT2D eigenvalue weighted by Crippen LogP contribution is 2.33. The molecule has 1 heterocycles. The van der Waals surface area contributed by atoms with Crippen molar-refractivity contribution in [3.05, 3.63) is 99.8 Å². The van der Waals surface area contributed by atoms with E-state index in [-0.39, 0.29) is 11.6 Å². The fourth-order valence-corrected chi connectivity index (χ4v) is 4.55. The molecule has 1 aliphatic heterocycles. The summed E-state index contributed by atoms with van der Waals surface area (Å²) in [7, 11) is 0. The number of aromatic hydroxyl groups is 1. The first kappa shape index (κ1) is 28.8. The fourth-order valence-electron chi connectivity index (χ4n) is 4.42. The van der Waals surface area contributed by atoms with Crippen molar-refractivity contribution < 1.29 is 19.4 Å². The van der Waals surface area contributed by atoms with E-state index in [9.17, 15) is 19.4 Å². The standard InChI is InChI=1S/C21H23ClFNO2.C10H14O/c22-18-7-5-17(6-8-18)21(26)11-14-24(15-12-21)13-1-2-20(25)16-3-9-19(23)10-4-16;1-7(2)9-5-4-8(3)10(11)6-9/h3-10,26H,1-2,11-15H2;4-7,11H,1-3H3. The molecule has 198 valence electrons. The van der Waals surface area contributed by atoms with Crippen LogP contribution in [0.5, 0.6) is 5.75 Å². The Hall–Kier alpha value is -2.73. The van der Waals surface area contributed by atoms with Gasteiger partial charge < -0.3 is 15.1 Å². The van der Waals surface area contributed by atoms with Crippen LogP contribution >= 0.6 is 11.6 Å². The number of halogens is 2. The largest absolute Gasteiger partial charge is 0.508 e. The van der Waals surface area contributed by atoms with Crippen molar-refractivity contribution in [2.45, 2.75) is 58.0 Å². The van der Waals surface area contributed by atoms with Gasteiger partial charge in [-0.1, -0.05) is 49.7 Å². The molecular weight excluding hydrogens is 489 g/mol. The van der Waals surface area contributed by atoms with Crippen LogP contribution in [-0.4, -0.2) is 40.5 Å². The lowest BCUT2D eigenvalue weighted by molar-refractivity contribution is -0.0260. The molecule has 0 aromatic heterocycles. The van der Waals surface area contributed by atoms with Crippen molar-refractivity contribution in [1.29, 1.82) is 0 Å². The third-order valence-electron chi connectivity index (χ3n) is 7.01. The normalized spacial score (nSPS) is 15.2. The summed E-state index contributed by atoms with van der Waals surface area (Å²) in [6, 6.07) is 18.9. The molecular formula is C31H37ClFNO3. The van der Waals surface area contributed by atoms with E-state index in [0.717, 1.165) is 37.2 Å². The summed E-state index contributed by atoms with van der Waals surface area (Å²) < 4.78 is 12.9. The molecule has 1 fully saturated rings. The van der Waals surface area contributed by atoms with Crippen LogP contribution in [0.3, 0.4) is 0 Å². The van der Waals surface area contributed by atoms with Gasteiger partial charge in [-0.3, -0.25) is 4.79 Å². The number of piperidine rings is 1. The van der Waals surface area contributed by atoms with Gasteiger partial charge in [0.25, 0.3) is 0 Å². The van der Waals surface area contributed by atoms with Gasteiger partial charge in [-0.2, -0.15) is 0 Å². The highest BCUT2D eigenvalue weighted by molar-refractivity contribution is 6.30. The molecule has 0 aliphatic carbocycles. The number of carbonyl (C=O) groups excluding carboxylic acids is 1. The Bertz CT molecular complexity index is 1150. The molecule has 3 aromatic carbocycles. The number of rotatable bonds is 7. The van der Waals surface area contributed by atoms with E-state index in [1.54, 1.807) is 0 Å². The highest BCUT2D eigenvalue weighted by Gasteiger charge is 2.33. The molecule has 37 heavy (non-hydrogen) atoms. The monoisotopic (exact) mass is 525 g/mol. The summed E-state index contributed by atoms with van der Waals surface area (Å²) in [5.41, 5.74) is 2.79. The molecule has 0 saturated carbocycles. The number of carbonyl (C=O) groups is 1. The number of phenolic OH excluding ortho intramolecular Hbond substituents is 1. The number of benzene rings is 3. The summed E-state index contributed by atoms with van der Waals surface area (Å²) in [6.07, 6.45) is 2.54. The van der Waals surface area contributed by atoms with Crippen LogP contribution in [-0.2, 0) is 5.60 Å². The first-order valence-corrected chi connectivity index (χ1v) is 13.2. The van der Waals surface area contributed by atoms with Crippen LogP contribution in [0.15, 0.2) is 66.7 Å². The van der Waals surface area contributed by atoms with Gasteiger partial charge in [-0.15, -0.1) is 0 Å². The van der Waals surface area contributed by atoms with E-state index in [2.05, 4.69) is 24.8 Å². The zero-order chi connectivity index (χ0) is 27.0. The maximum Gasteiger partial charge on any atom is 0.162 e. The average molecular weight is 526 g/mol. The van der Waals surface area contributed by atoms with Gasteiger partial charge in [-0.25, -0.2) is 4.39 Å². The van der Waals surface area contributed by atoms with Crippen molar-refractivity contribution in [1.82, 2.24) is 4.90 Å². The van der Waals surface area contributed by atoms with E-state index in [0.29, 0.717) is 41.5 Å². The van der Waals surface area contributed by atoms with Gasteiger partial charge in [0, 0.05) is 30.1 Å². The molecule has 0 unspecified atom stereocenters. The van der Waals surface area contributed by atoms with Crippen LogP contribution in [0, 0.1) is 12.7 Å². The minimum absolute atomic E-state index is 0.0414. The smallest absolute Gasteiger partial charge is 0.162 e. The third-order valence-corrected chi connectivity index (χ3v) is 7.26. The zero-order valence-electron chi connectivity index (χ0n) is 21.9. The highest BCUT2D eigenvalue weighted by atomic mass is 35.5. The zero-order valence-corrected chi connectivity index (χ0v) is 22.6. The number of aryl methyl sites for hydroxylation is 1. The Balaban J connectivity index is 0.000000289. The Morgan fingerprint density at radius 3 is 2.22 bits per heavy atom. The van der Waals surface area contributed by atoms with Gasteiger partial charge in [0.15, 0.2) is 5.78 Å². The Labute approximate surface area is 224 Å². The summed E-state index contributed by atoms with van der Waals surface area (Å²) in [5, 5.41) is 20.9. The fraction of sp³-hybridized carbons (Fsp3) is 0.387. The lowest BCUT2D eigenvalue weighted by Gasteiger charge is -2.38. The Morgan fingerprint density at radius 2 is 1.65 bits per heavy atom. The average Bonchev–Trinajstić information content (AvgIpc) is 2.88. The molecule has 1 saturated heterocycles. The minimum Gasteiger partial charge on any atom is -0.508 e. The van der Waals surface area contributed by atoms with Crippen molar-refractivity contribution >= 4 is 17.4 Å². The second-order valence-corrected chi connectivity index (χ2v) is 10.6. The molecule has 0 amide bonds. The predicted molar refractivity (Wildman–Crippen MR) is 148 cm³/mol. The van der Waals surface area contributed by atoms with Crippen LogP contribution < -0.4 is 0 Å². The number of aliphatic hydroxyl groups is 1. The number of nitrogens with zero attached hydrogens (tertiary/aromatic N) is 1. The number of Topliss-reactive ketones (excluding diaryl/α,β-unsaturated/α-hetero) is 1. The predicted octanol–water partition coefficient (Wildman–Crippen LogP) is 7.25. The van der Waals surface area contributed by atoms with E-state index in [4.69, 9.17) is 11.6 Å². The summed E-state index contributed by atoms with van der Waals surface area (Å²) >= 11 is 5.92. The van der Waals surface area contributed by atoms with Gasteiger partial charge >= 0.3 is 0 Å². The lowest BCUT2D eigenvalue weighted by atomic mass is 9.84. The molecule has 0 spiro atoms. The van der Waals surface area contributed by atoms with E-state index >= 15 is 0 Å². The van der Waals surface area contributed by atoms with E-state index < -0.39 is 5.60 Å². The Morgan fingerprint density at radius 1 is 1.03 bits per heavy atom. The third kappa shape index (κ3) is 8.39. The van der Waals surface area contributed by atoms with Crippen LogP contribution in [0.25, 0.3) is 0 Å². The molecule has 4 rings (SSSR count). The maximum absolute atomic E-state index is 12.9. The Kier molecular flexibility index (Phi) is 10.3. The van der Waals surface area contributed by atoms with Crippen LogP contribution in [0.2, 0.25) is 5.02 Å². The van der Waals surface area contributed by atoms with Gasteiger partial charge in [0.05, 0.1) is 5.60 Å². The van der Waals surface area contributed by atoms with Crippen LogP contribution in [0.4, 0.5) is 4.39 Å². The van der Waals surface area contributed by atoms with Gasteiger partial charge in [0.2, 0.25) is 0 Å². The summed E-state index contributed by atoms with van der Waals surface area (Å²) in [6.45, 7) is 8.55. The van der Waals surface area contributed by atoms with Crippen molar-refractivity contribution in [2.75, 3.05) is 19.6 Å². The topological polar surface area (TPSA) is 60.8 Å². The van der Waals surface area contributed by atoms with Crippen molar-refractivity contribution in [3.8, 4) is 5.75 Å². The number of phenols is 1. The second-order valence-electron chi connectivity index (χ2n) is 10.1. The van der Waals surface area contributed by atoms with Crippen LogP contribution in [0.1, 0.15) is 72.5 Å². The molecule has 0 radical (unpaired) electrons. The number of hydrogen-bond donors (Lipinski definition) is 2. The van der Waals surface area contributed by atoms with E-state index in [1.807, 2.05) is 43.3 Å². The second kappa shape index (κ2) is 13.2. The number of likely N-dealkylation sites (tertiary alicyclic amines) is 1. The molecule has 0 bridgehead atoms. The van der Waals surface area contributed by atoms with Gasteiger partial charge in [-0.05, 0) is 97.8 Å².